The highest BCUT2D eigenvalue weighted by Crippen LogP contribution is 2.44. The number of hydrogen-bond acceptors (Lipinski definition) is 5. The summed E-state index contributed by atoms with van der Waals surface area (Å²) in [7, 11) is 0. The molecule has 1 heterocycles. The van der Waals surface area contributed by atoms with Crippen molar-refractivity contribution in [3.8, 4) is 22.6 Å². The van der Waals surface area contributed by atoms with Crippen molar-refractivity contribution in [2.75, 3.05) is 19.7 Å². The molecule has 6 nitrogen and oxygen atoms in total. The SMILES string of the molecule is C[C@@H]1CN(Cc2ccc(F)cc2)[C@@H](C)CN1C(=O)COc1ccc2c(c1O)C(=O)c1ccccc1-2. The van der Waals surface area contributed by atoms with Crippen LogP contribution in [-0.2, 0) is 11.3 Å². The van der Waals surface area contributed by atoms with Crippen LogP contribution in [0, 0.1) is 5.82 Å². The third-order valence-electron chi connectivity index (χ3n) is 6.92. The molecule has 0 unspecified atom stereocenters. The van der Waals surface area contributed by atoms with Crippen LogP contribution in [0.2, 0.25) is 0 Å². The number of benzene rings is 3. The van der Waals surface area contributed by atoms with E-state index in [1.165, 1.54) is 12.1 Å². The molecule has 1 aliphatic heterocycles. The molecule has 35 heavy (non-hydrogen) atoms. The molecule has 0 saturated carbocycles. The van der Waals surface area contributed by atoms with Crippen LogP contribution in [0.5, 0.6) is 11.5 Å². The van der Waals surface area contributed by atoms with Crippen LogP contribution in [0.3, 0.4) is 0 Å². The van der Waals surface area contributed by atoms with E-state index in [0.29, 0.717) is 30.8 Å². The lowest BCUT2D eigenvalue weighted by molar-refractivity contribution is -0.139. The Morgan fingerprint density at radius 1 is 0.971 bits per heavy atom. The van der Waals surface area contributed by atoms with Crippen LogP contribution >= 0.6 is 0 Å². The zero-order valence-electron chi connectivity index (χ0n) is 19.7. The number of nitrogens with zero attached hydrogens (tertiary/aromatic N) is 2. The third-order valence-corrected chi connectivity index (χ3v) is 6.92. The fourth-order valence-electron chi connectivity index (χ4n) is 5.01. The number of halogens is 1. The summed E-state index contributed by atoms with van der Waals surface area (Å²) < 4.78 is 18.9. The van der Waals surface area contributed by atoms with Crippen molar-refractivity contribution in [1.82, 2.24) is 9.80 Å². The van der Waals surface area contributed by atoms with Gasteiger partial charge >= 0.3 is 0 Å². The van der Waals surface area contributed by atoms with Crippen molar-refractivity contribution in [2.24, 2.45) is 0 Å². The molecule has 1 amide bonds. The first-order valence-electron chi connectivity index (χ1n) is 11.7. The Bertz CT molecular complexity index is 1290. The fourth-order valence-corrected chi connectivity index (χ4v) is 5.01. The summed E-state index contributed by atoms with van der Waals surface area (Å²) in [4.78, 5) is 29.9. The van der Waals surface area contributed by atoms with E-state index in [1.807, 2.05) is 19.1 Å². The van der Waals surface area contributed by atoms with Crippen LogP contribution in [0.4, 0.5) is 4.39 Å². The highest BCUT2D eigenvalue weighted by atomic mass is 19.1. The Morgan fingerprint density at radius 2 is 1.69 bits per heavy atom. The first-order chi connectivity index (χ1) is 16.8. The predicted molar refractivity (Wildman–Crippen MR) is 130 cm³/mol. The van der Waals surface area contributed by atoms with Crippen LogP contribution in [-0.4, -0.2) is 58.4 Å². The molecule has 3 aromatic carbocycles. The normalized spacial score (nSPS) is 19.4. The second kappa shape index (κ2) is 9.15. The van der Waals surface area contributed by atoms with Crippen molar-refractivity contribution in [3.05, 3.63) is 83.2 Å². The molecule has 0 radical (unpaired) electrons. The molecule has 7 heteroatoms. The molecule has 1 aliphatic carbocycles. The minimum Gasteiger partial charge on any atom is -0.504 e. The van der Waals surface area contributed by atoms with E-state index in [9.17, 15) is 19.1 Å². The number of ether oxygens (including phenoxy) is 1. The molecule has 0 aromatic heterocycles. The van der Waals surface area contributed by atoms with Crippen molar-refractivity contribution in [2.45, 2.75) is 32.5 Å². The van der Waals surface area contributed by atoms with Gasteiger partial charge in [0, 0.05) is 37.3 Å². The molecule has 3 aromatic rings. The van der Waals surface area contributed by atoms with Gasteiger partial charge in [-0.3, -0.25) is 14.5 Å². The summed E-state index contributed by atoms with van der Waals surface area (Å²) in [5, 5.41) is 10.8. The van der Waals surface area contributed by atoms with E-state index in [0.717, 1.165) is 11.1 Å². The molecule has 0 spiro atoms. The minimum absolute atomic E-state index is 0.0348. The summed E-state index contributed by atoms with van der Waals surface area (Å²) in [6, 6.07) is 17.1. The summed E-state index contributed by atoms with van der Waals surface area (Å²) >= 11 is 0. The third kappa shape index (κ3) is 4.28. The average molecular weight is 475 g/mol. The van der Waals surface area contributed by atoms with Crippen LogP contribution in [0.1, 0.15) is 35.3 Å². The number of phenols is 1. The quantitative estimate of drug-likeness (QED) is 0.469. The molecule has 2 atom stereocenters. The molecule has 1 fully saturated rings. The predicted octanol–water partition coefficient (Wildman–Crippen LogP) is 4.24. The maximum atomic E-state index is 13.2. The Balaban J connectivity index is 1.23. The van der Waals surface area contributed by atoms with Gasteiger partial charge < -0.3 is 14.7 Å². The van der Waals surface area contributed by atoms with Crippen molar-refractivity contribution in [1.29, 1.82) is 0 Å². The number of fused-ring (bicyclic) bond motifs is 3. The number of carbonyl (C=O) groups is 2. The first-order valence-corrected chi connectivity index (χ1v) is 11.7. The molecule has 2 aliphatic rings. The van der Waals surface area contributed by atoms with Gasteiger partial charge in [-0.2, -0.15) is 0 Å². The number of carbonyl (C=O) groups excluding carboxylic acids is 2. The van der Waals surface area contributed by atoms with Crippen LogP contribution < -0.4 is 4.74 Å². The van der Waals surface area contributed by atoms with Gasteiger partial charge in [-0.05, 0) is 54.8 Å². The molecule has 5 rings (SSSR count). The van der Waals surface area contributed by atoms with Gasteiger partial charge in [0.05, 0.1) is 5.56 Å². The first kappa shape index (κ1) is 23.1. The Hall–Kier alpha value is -3.71. The topological polar surface area (TPSA) is 70.1 Å². The van der Waals surface area contributed by atoms with E-state index in [1.54, 1.807) is 41.3 Å². The maximum Gasteiger partial charge on any atom is 0.260 e. The fraction of sp³-hybridized carbons (Fsp3) is 0.286. The molecule has 1 N–H and O–H groups in total. The van der Waals surface area contributed by atoms with Gasteiger partial charge in [0.2, 0.25) is 0 Å². The number of phenolic OH excluding ortho intramolecular Hbond substituents is 1. The molecular formula is C28H27FN2O4. The monoisotopic (exact) mass is 474 g/mol. The van der Waals surface area contributed by atoms with Gasteiger partial charge in [0.25, 0.3) is 5.91 Å². The van der Waals surface area contributed by atoms with E-state index < -0.39 is 0 Å². The van der Waals surface area contributed by atoms with E-state index in [-0.39, 0.29) is 53.3 Å². The number of ketones is 1. The average Bonchev–Trinajstić information content (AvgIpc) is 3.14. The second-order valence-electron chi connectivity index (χ2n) is 9.30. The van der Waals surface area contributed by atoms with E-state index in [2.05, 4.69) is 11.8 Å². The van der Waals surface area contributed by atoms with Gasteiger partial charge in [-0.25, -0.2) is 4.39 Å². The van der Waals surface area contributed by atoms with Crippen LogP contribution in [0.25, 0.3) is 11.1 Å². The van der Waals surface area contributed by atoms with Gasteiger partial charge in [-0.1, -0.05) is 36.4 Å². The summed E-state index contributed by atoms with van der Waals surface area (Å²) in [5.41, 5.74) is 3.24. The summed E-state index contributed by atoms with van der Waals surface area (Å²) in [6.07, 6.45) is 0. The van der Waals surface area contributed by atoms with E-state index in [4.69, 9.17) is 4.74 Å². The van der Waals surface area contributed by atoms with Crippen molar-refractivity contribution >= 4 is 11.7 Å². The Kier molecular flexibility index (Phi) is 6.03. The highest BCUT2D eigenvalue weighted by molar-refractivity contribution is 6.23. The van der Waals surface area contributed by atoms with E-state index >= 15 is 0 Å². The standard InChI is InChI=1S/C28H27FN2O4/c1-17-14-31(18(2)13-30(17)15-19-7-9-20(29)10-8-19)25(32)16-35-24-12-11-22-21-5-3-4-6-23(21)27(33)26(22)28(24)34/h3-12,17-18,34H,13-16H2,1-2H3/t17-,18+/m0/s1. The Labute approximate surface area is 203 Å². The van der Waals surface area contributed by atoms with Crippen LogP contribution in [0.15, 0.2) is 60.7 Å². The lowest BCUT2D eigenvalue weighted by Crippen LogP contribution is -2.58. The lowest BCUT2D eigenvalue weighted by Gasteiger charge is -2.44. The number of hydrogen-bond donors (Lipinski definition) is 1. The number of aromatic hydroxyl groups is 1. The summed E-state index contributed by atoms with van der Waals surface area (Å²) in [6.45, 7) is 5.72. The largest absolute Gasteiger partial charge is 0.504 e. The second-order valence-corrected chi connectivity index (χ2v) is 9.30. The van der Waals surface area contributed by atoms with Gasteiger partial charge in [0.15, 0.2) is 23.9 Å². The smallest absolute Gasteiger partial charge is 0.260 e. The molecule has 1 saturated heterocycles. The zero-order valence-corrected chi connectivity index (χ0v) is 19.7. The number of piperazine rings is 1. The number of rotatable bonds is 5. The number of amides is 1. The minimum atomic E-state index is -0.256. The van der Waals surface area contributed by atoms with Gasteiger partial charge in [0.1, 0.15) is 5.82 Å². The van der Waals surface area contributed by atoms with Gasteiger partial charge in [-0.15, -0.1) is 0 Å². The molecule has 0 bridgehead atoms. The van der Waals surface area contributed by atoms with Crippen molar-refractivity contribution in [3.63, 3.8) is 0 Å². The highest BCUT2D eigenvalue weighted by Gasteiger charge is 2.33. The zero-order chi connectivity index (χ0) is 24.7. The summed E-state index contributed by atoms with van der Waals surface area (Å²) in [5.74, 6) is -0.797. The molecule has 180 valence electrons. The Morgan fingerprint density at radius 3 is 2.43 bits per heavy atom. The molecular weight excluding hydrogens is 447 g/mol. The van der Waals surface area contributed by atoms with Crippen molar-refractivity contribution < 1.29 is 23.8 Å². The lowest BCUT2D eigenvalue weighted by atomic mass is 10.1. The maximum absolute atomic E-state index is 13.2.